The van der Waals surface area contributed by atoms with Crippen LogP contribution in [0.5, 0.6) is 0 Å². The summed E-state index contributed by atoms with van der Waals surface area (Å²) in [6.07, 6.45) is 33.1. The largest absolute Gasteiger partial charge is 0.243 e. The van der Waals surface area contributed by atoms with Gasteiger partial charge in [0, 0.05) is 51.3 Å². The number of benzene rings is 15. The third-order valence-electron chi connectivity index (χ3n) is 30.9. The van der Waals surface area contributed by atoms with Gasteiger partial charge in [0.15, 0.2) is 0 Å². The molecule has 1 aromatic heterocycles. The SMILES string of the molecule is C1=CC2c3ccccc3C3(c4cc(-c5ccc(-c6ccc7c(c6)C6(c8ccccc8-c8ccccc86)c6ccccc6-7)c6nc(-c7ccc(-c8ccc9c(c8)C8(c%10ccccc%10-c%10ccccc%108)c8ccccc8-9)cc7)c(-c7ccc(-c8ccc9c(c8)C8(C%10=C(C=CCC%10)c%10ccccc%108)C8=C9C=CCC8)cc7)nc56)ccc4C4C=CC=CC43)C2C=C1. The molecule has 1 heterocycles. The van der Waals surface area contributed by atoms with Crippen molar-refractivity contribution in [2.45, 2.75) is 59.2 Å². The van der Waals surface area contributed by atoms with Crippen molar-refractivity contribution >= 4 is 22.2 Å². The van der Waals surface area contributed by atoms with Crippen LogP contribution in [-0.4, -0.2) is 9.97 Å². The van der Waals surface area contributed by atoms with Crippen LogP contribution in [-0.2, 0) is 21.7 Å². The Hall–Kier alpha value is -14.4. The average molecular weight is 1550 g/mol. The summed E-state index contributed by atoms with van der Waals surface area (Å²) in [4.78, 5) is 12.7. The molecule has 122 heavy (non-hydrogen) atoms. The van der Waals surface area contributed by atoms with Gasteiger partial charge < -0.3 is 0 Å². The molecular weight excluding hydrogens is 1470 g/mol. The maximum absolute atomic E-state index is 6.36. The van der Waals surface area contributed by atoms with Crippen LogP contribution in [0.4, 0.5) is 0 Å². The van der Waals surface area contributed by atoms with Gasteiger partial charge in [-0.3, -0.25) is 0 Å². The van der Waals surface area contributed by atoms with Crippen molar-refractivity contribution < 1.29 is 0 Å². The summed E-state index contributed by atoms with van der Waals surface area (Å²) in [6.45, 7) is 0. The van der Waals surface area contributed by atoms with Crippen LogP contribution < -0.4 is 0 Å². The summed E-state index contributed by atoms with van der Waals surface area (Å²) in [6, 6.07) is 127. The third kappa shape index (κ3) is 8.40. The topological polar surface area (TPSA) is 25.8 Å². The van der Waals surface area contributed by atoms with Gasteiger partial charge in [0.1, 0.15) is 0 Å². The van der Waals surface area contributed by atoms with Crippen LogP contribution >= 0.6 is 0 Å². The first-order valence-electron chi connectivity index (χ1n) is 43.9. The molecule has 2 heteroatoms. The maximum Gasteiger partial charge on any atom is 0.0979 e. The predicted molar refractivity (Wildman–Crippen MR) is 499 cm³/mol. The first kappa shape index (κ1) is 67.5. The molecule has 12 aliphatic rings. The molecule has 0 fully saturated rings. The minimum Gasteiger partial charge on any atom is -0.243 e. The van der Waals surface area contributed by atoms with E-state index in [1.54, 1.807) is 11.1 Å². The second-order valence-corrected chi connectivity index (χ2v) is 35.9. The van der Waals surface area contributed by atoms with Crippen molar-refractivity contribution in [2.24, 2.45) is 11.8 Å². The highest BCUT2D eigenvalue weighted by Gasteiger charge is 2.62. The van der Waals surface area contributed by atoms with Crippen LogP contribution in [0.25, 0.3) is 134 Å². The fourth-order valence-corrected chi connectivity index (χ4v) is 26.4. The van der Waals surface area contributed by atoms with E-state index in [0.29, 0.717) is 0 Å². The normalized spacial score (nSPS) is 21.1. The van der Waals surface area contributed by atoms with E-state index < -0.39 is 10.8 Å². The first-order chi connectivity index (χ1) is 60.5. The second-order valence-electron chi connectivity index (χ2n) is 35.9. The average Bonchev–Trinajstić information content (AvgIpc) is 1.53. The van der Waals surface area contributed by atoms with Gasteiger partial charge in [0.2, 0.25) is 0 Å². The number of rotatable bonds is 6. The van der Waals surface area contributed by atoms with Crippen molar-refractivity contribution in [2.75, 3.05) is 0 Å². The smallest absolute Gasteiger partial charge is 0.0979 e. The second kappa shape index (κ2) is 24.6. The van der Waals surface area contributed by atoms with Gasteiger partial charge >= 0.3 is 0 Å². The van der Waals surface area contributed by atoms with E-state index in [4.69, 9.17) is 9.97 Å². The third-order valence-corrected chi connectivity index (χ3v) is 30.9. The van der Waals surface area contributed by atoms with Crippen molar-refractivity contribution in [3.05, 3.63) is 501 Å². The lowest BCUT2D eigenvalue weighted by atomic mass is 9.61. The van der Waals surface area contributed by atoms with Crippen LogP contribution in [0.2, 0.25) is 0 Å². The highest BCUT2D eigenvalue weighted by atomic mass is 14.8. The molecule has 0 saturated carbocycles. The highest BCUT2D eigenvalue weighted by molar-refractivity contribution is 6.06. The molecular formula is C120H78N2. The Morgan fingerprint density at radius 2 is 0.533 bits per heavy atom. The Bertz CT molecular complexity index is 7580. The maximum atomic E-state index is 6.36. The molecule has 0 saturated heterocycles. The zero-order valence-electron chi connectivity index (χ0n) is 67.1. The quantitative estimate of drug-likeness (QED) is 0.166. The van der Waals surface area contributed by atoms with E-state index in [0.717, 1.165) is 87.0 Å². The molecule has 28 rings (SSSR count). The molecule has 0 aliphatic heterocycles. The summed E-state index contributed by atoms with van der Waals surface area (Å²) in [7, 11) is 0. The predicted octanol–water partition coefficient (Wildman–Crippen LogP) is 28.8. The molecule has 12 aliphatic carbocycles. The van der Waals surface area contributed by atoms with Crippen molar-refractivity contribution in [1.82, 2.24) is 9.97 Å². The Morgan fingerprint density at radius 3 is 0.984 bits per heavy atom. The van der Waals surface area contributed by atoms with E-state index in [1.165, 1.54) is 161 Å². The van der Waals surface area contributed by atoms with Crippen LogP contribution in [0.3, 0.4) is 0 Å². The van der Waals surface area contributed by atoms with Crippen LogP contribution in [0.15, 0.2) is 412 Å². The molecule has 6 atom stereocenters. The zero-order valence-corrected chi connectivity index (χ0v) is 67.1. The lowest BCUT2D eigenvalue weighted by Crippen LogP contribution is -2.38. The Balaban J connectivity index is 0.669. The number of hydrogen-bond acceptors (Lipinski definition) is 2. The number of aromatic nitrogens is 2. The van der Waals surface area contributed by atoms with Gasteiger partial charge in [-0.05, 0) is 239 Å². The molecule has 0 amide bonds. The summed E-state index contributed by atoms with van der Waals surface area (Å²) in [5.74, 6) is 0.949. The monoisotopic (exact) mass is 1550 g/mol. The molecule has 0 bridgehead atoms. The minimum absolute atomic E-state index is 0.223. The molecule has 15 aromatic carbocycles. The lowest BCUT2D eigenvalue weighted by Gasteiger charge is -2.40. The van der Waals surface area contributed by atoms with E-state index in [2.05, 4.69) is 400 Å². The Labute approximate surface area is 710 Å². The number of nitrogens with zero attached hydrogens (tertiary/aromatic N) is 2. The Morgan fingerprint density at radius 1 is 0.230 bits per heavy atom. The fourth-order valence-electron chi connectivity index (χ4n) is 26.4. The van der Waals surface area contributed by atoms with Crippen molar-refractivity contribution in [1.29, 1.82) is 0 Å². The summed E-state index contributed by atoms with van der Waals surface area (Å²) < 4.78 is 0. The molecule has 2 nitrogen and oxygen atoms in total. The van der Waals surface area contributed by atoms with Gasteiger partial charge in [0.25, 0.3) is 0 Å². The van der Waals surface area contributed by atoms with Gasteiger partial charge in [-0.25, -0.2) is 9.97 Å². The molecule has 6 unspecified atom stereocenters. The van der Waals surface area contributed by atoms with Crippen molar-refractivity contribution in [3.8, 4) is 112 Å². The molecule has 4 spiro atoms. The summed E-state index contributed by atoms with van der Waals surface area (Å²) >= 11 is 0. The highest BCUT2D eigenvalue weighted by Crippen LogP contribution is 2.71. The molecule has 16 aromatic rings. The van der Waals surface area contributed by atoms with E-state index >= 15 is 0 Å². The van der Waals surface area contributed by atoms with E-state index in [-0.39, 0.29) is 34.5 Å². The molecule has 568 valence electrons. The summed E-state index contributed by atoms with van der Waals surface area (Å²) in [5.41, 5.74) is 51.0. The van der Waals surface area contributed by atoms with Gasteiger partial charge in [-0.1, -0.05) is 376 Å². The lowest BCUT2D eigenvalue weighted by molar-refractivity contribution is 0.312. The van der Waals surface area contributed by atoms with Gasteiger partial charge in [-0.2, -0.15) is 0 Å². The zero-order chi connectivity index (χ0) is 79.5. The van der Waals surface area contributed by atoms with Crippen LogP contribution in [0.1, 0.15) is 127 Å². The van der Waals surface area contributed by atoms with Gasteiger partial charge in [-0.15, -0.1) is 0 Å². The number of fused-ring (bicyclic) bond motifs is 39. The first-order valence-corrected chi connectivity index (χ1v) is 43.9. The minimum atomic E-state index is -0.549. The van der Waals surface area contributed by atoms with E-state index in [9.17, 15) is 0 Å². The van der Waals surface area contributed by atoms with Gasteiger partial charge in [0.05, 0.1) is 38.7 Å². The Kier molecular flexibility index (Phi) is 13.6. The number of hydrogen-bond donors (Lipinski definition) is 0. The fraction of sp³-hybridized carbons (Fsp3) is 0.100. The molecule has 0 N–H and O–H groups in total. The summed E-state index contributed by atoms with van der Waals surface area (Å²) in [5, 5.41) is 0. The number of allylic oxidation sites excluding steroid dienone is 16. The molecule has 0 radical (unpaired) electrons. The standard InChI is InChI=1S/C120H78N2/c1-13-37-97-81(25-1)82-26-2-14-38-98(82)117(97)105-45-21-9-33-89(105)93-61-57-75(67-109(93)117)71-49-53-73(54-50-71)113-114(74-55-51-72(52-56-74)76-58-62-94-90-34-10-22-46-106(90)118(110(94)68-76)99-39-15-3-27-83(99)84-28-4-16-40-100(84)118)122-116-80(78-60-64-96-92-36-12-24-48-108(92)120(112(96)70-78)103-43-19-7-31-87(103)88-32-8-20-44-104(88)120)66-65-79(115(116)121-113)77-59-63-95-91-35-11-23-47-107(91)119(111(95)69-77)101-41-17-5-29-85(101)86-30-6-18-42-102(86)119/h1-15,17-21,23-39,41-45,47-70,87,92,103,108H,16,22,40,46H2. The van der Waals surface area contributed by atoms with Crippen LogP contribution in [0, 0.1) is 11.8 Å². The van der Waals surface area contributed by atoms with E-state index in [1.807, 2.05) is 0 Å². The van der Waals surface area contributed by atoms with Crippen molar-refractivity contribution in [3.63, 3.8) is 0 Å².